The number of nitrogens with zero attached hydrogens (tertiary/aromatic N) is 1. The van der Waals surface area contributed by atoms with E-state index in [2.05, 4.69) is 4.98 Å². The van der Waals surface area contributed by atoms with E-state index in [1.807, 2.05) is 0 Å². The van der Waals surface area contributed by atoms with Gasteiger partial charge in [-0.05, 0) is 24.6 Å². The molecular formula is C15H14N2O5. The van der Waals surface area contributed by atoms with Crippen molar-refractivity contribution in [3.63, 3.8) is 0 Å². The van der Waals surface area contributed by atoms with E-state index in [1.54, 1.807) is 19.2 Å². The topological polar surface area (TPSA) is 102 Å². The molecule has 114 valence electrons. The highest BCUT2D eigenvalue weighted by Gasteiger charge is 2.19. The summed E-state index contributed by atoms with van der Waals surface area (Å²) in [6.07, 6.45) is 2.48. The quantitative estimate of drug-likeness (QED) is 0.382. The molecule has 0 atom stereocenters. The molecule has 0 saturated carbocycles. The lowest BCUT2D eigenvalue weighted by Gasteiger charge is -2.06. The zero-order chi connectivity index (χ0) is 16.1. The maximum Gasteiger partial charge on any atom is 0.338 e. The van der Waals surface area contributed by atoms with Crippen LogP contribution in [-0.4, -0.2) is 28.8 Å². The molecule has 22 heavy (non-hydrogen) atoms. The van der Waals surface area contributed by atoms with Crippen LogP contribution in [0.5, 0.6) is 0 Å². The summed E-state index contributed by atoms with van der Waals surface area (Å²) >= 11 is 0. The molecule has 0 saturated heterocycles. The fourth-order valence-corrected chi connectivity index (χ4v) is 2.11. The molecule has 0 amide bonds. The Morgan fingerprint density at radius 2 is 2.14 bits per heavy atom. The Balaban J connectivity index is 2.37. The maximum absolute atomic E-state index is 11.7. The lowest BCUT2D eigenvalue weighted by molar-refractivity contribution is -0.385. The fraction of sp³-hybridized carbons (Fsp3) is 0.200. The number of ether oxygens (including phenoxy) is 1. The number of nitro groups is 1. The van der Waals surface area contributed by atoms with Crippen LogP contribution in [0.1, 0.15) is 38.9 Å². The van der Waals surface area contributed by atoms with E-state index in [4.69, 9.17) is 4.74 Å². The van der Waals surface area contributed by atoms with Crippen molar-refractivity contribution >= 4 is 17.9 Å². The number of nitro benzene ring substituents is 1. The van der Waals surface area contributed by atoms with Gasteiger partial charge in [-0.15, -0.1) is 0 Å². The summed E-state index contributed by atoms with van der Waals surface area (Å²) < 4.78 is 4.83. The van der Waals surface area contributed by atoms with Crippen molar-refractivity contribution in [2.75, 3.05) is 6.61 Å². The second-order valence-corrected chi connectivity index (χ2v) is 4.53. The molecular weight excluding hydrogens is 288 g/mol. The van der Waals surface area contributed by atoms with Crippen LogP contribution in [0, 0.1) is 10.1 Å². The molecule has 1 heterocycles. The van der Waals surface area contributed by atoms with Crippen LogP contribution in [0.4, 0.5) is 5.69 Å². The Morgan fingerprint density at radius 1 is 1.36 bits per heavy atom. The van der Waals surface area contributed by atoms with Gasteiger partial charge in [0.15, 0.2) is 6.29 Å². The van der Waals surface area contributed by atoms with Crippen molar-refractivity contribution in [1.29, 1.82) is 0 Å². The Hall–Kier alpha value is -2.96. The van der Waals surface area contributed by atoms with Gasteiger partial charge in [0.1, 0.15) is 0 Å². The number of aromatic nitrogens is 1. The molecule has 2 aromatic rings. The van der Waals surface area contributed by atoms with E-state index in [0.29, 0.717) is 23.1 Å². The van der Waals surface area contributed by atoms with Gasteiger partial charge in [-0.25, -0.2) is 4.79 Å². The first kappa shape index (κ1) is 15.4. The number of nitrogens with one attached hydrogen (secondary N) is 1. The third-order valence-electron chi connectivity index (χ3n) is 3.16. The average molecular weight is 302 g/mol. The first-order valence-electron chi connectivity index (χ1n) is 6.62. The van der Waals surface area contributed by atoms with Crippen LogP contribution in [-0.2, 0) is 11.2 Å². The maximum atomic E-state index is 11.7. The van der Waals surface area contributed by atoms with E-state index in [9.17, 15) is 19.7 Å². The van der Waals surface area contributed by atoms with Crippen LogP contribution < -0.4 is 0 Å². The number of carbonyl (C=O) groups is 2. The Labute approximate surface area is 126 Å². The summed E-state index contributed by atoms with van der Waals surface area (Å²) in [6, 6.07) is 5.87. The number of H-pyrrole nitrogens is 1. The monoisotopic (exact) mass is 302 g/mol. The van der Waals surface area contributed by atoms with Crippen molar-refractivity contribution in [1.82, 2.24) is 4.98 Å². The third-order valence-corrected chi connectivity index (χ3v) is 3.16. The van der Waals surface area contributed by atoms with E-state index in [1.165, 1.54) is 18.2 Å². The van der Waals surface area contributed by atoms with E-state index >= 15 is 0 Å². The van der Waals surface area contributed by atoms with Crippen LogP contribution in [0.25, 0.3) is 0 Å². The van der Waals surface area contributed by atoms with Crippen LogP contribution in [0.3, 0.4) is 0 Å². The van der Waals surface area contributed by atoms with E-state index in [0.717, 1.165) is 0 Å². The molecule has 0 aliphatic carbocycles. The van der Waals surface area contributed by atoms with Crippen molar-refractivity contribution in [2.45, 2.75) is 13.3 Å². The normalized spacial score (nSPS) is 10.2. The van der Waals surface area contributed by atoms with Crippen molar-refractivity contribution in [2.24, 2.45) is 0 Å². The predicted octanol–water partition coefficient (Wildman–Crippen LogP) is 2.50. The number of carbonyl (C=O) groups excluding carboxylic acids is 2. The van der Waals surface area contributed by atoms with Gasteiger partial charge in [0.2, 0.25) is 0 Å². The minimum Gasteiger partial charge on any atom is -0.462 e. The molecule has 0 radical (unpaired) electrons. The van der Waals surface area contributed by atoms with Gasteiger partial charge in [0.05, 0.1) is 22.8 Å². The predicted molar refractivity (Wildman–Crippen MR) is 78.0 cm³/mol. The molecule has 0 unspecified atom stereocenters. The van der Waals surface area contributed by atoms with Gasteiger partial charge in [0, 0.05) is 24.2 Å². The van der Waals surface area contributed by atoms with E-state index < -0.39 is 10.9 Å². The SMILES string of the molecule is CCOC(=O)c1ccc(Cc2cc[nH]c2C=O)c([N+](=O)[O-])c1. The van der Waals surface area contributed by atoms with Gasteiger partial charge in [-0.1, -0.05) is 6.07 Å². The second-order valence-electron chi connectivity index (χ2n) is 4.53. The summed E-state index contributed by atoms with van der Waals surface area (Å²) in [5.41, 5.74) is 1.40. The van der Waals surface area contributed by atoms with Gasteiger partial charge >= 0.3 is 5.97 Å². The first-order valence-corrected chi connectivity index (χ1v) is 6.62. The molecule has 0 aliphatic heterocycles. The number of hydrogen-bond donors (Lipinski definition) is 1. The van der Waals surface area contributed by atoms with Crippen LogP contribution in [0.2, 0.25) is 0 Å². The Morgan fingerprint density at radius 3 is 2.77 bits per heavy atom. The summed E-state index contributed by atoms with van der Waals surface area (Å²) in [5.74, 6) is -0.604. The molecule has 1 aromatic heterocycles. The first-order chi connectivity index (χ1) is 10.6. The number of aromatic amines is 1. The molecule has 7 nitrogen and oxygen atoms in total. The molecule has 0 fully saturated rings. The van der Waals surface area contributed by atoms with Crippen molar-refractivity contribution in [3.8, 4) is 0 Å². The van der Waals surface area contributed by atoms with Crippen molar-refractivity contribution in [3.05, 3.63) is 63.0 Å². The molecule has 1 N–H and O–H groups in total. The summed E-state index contributed by atoms with van der Waals surface area (Å²) in [6.45, 7) is 1.86. The lowest BCUT2D eigenvalue weighted by atomic mass is 10.0. The molecule has 0 aliphatic rings. The van der Waals surface area contributed by atoms with Gasteiger partial charge in [0.25, 0.3) is 5.69 Å². The van der Waals surface area contributed by atoms with Gasteiger partial charge in [-0.3, -0.25) is 14.9 Å². The molecule has 2 rings (SSSR count). The zero-order valence-corrected chi connectivity index (χ0v) is 11.9. The highest BCUT2D eigenvalue weighted by molar-refractivity contribution is 5.90. The Bertz CT molecular complexity index is 720. The van der Waals surface area contributed by atoms with Crippen molar-refractivity contribution < 1.29 is 19.2 Å². The fourth-order valence-electron chi connectivity index (χ4n) is 2.11. The van der Waals surface area contributed by atoms with Crippen LogP contribution in [0.15, 0.2) is 30.5 Å². The minimum absolute atomic E-state index is 0.127. The lowest BCUT2D eigenvalue weighted by Crippen LogP contribution is -2.06. The zero-order valence-electron chi connectivity index (χ0n) is 11.9. The number of hydrogen-bond acceptors (Lipinski definition) is 5. The van der Waals surface area contributed by atoms with Gasteiger partial charge < -0.3 is 9.72 Å². The third kappa shape index (κ3) is 3.20. The number of benzene rings is 1. The van der Waals surface area contributed by atoms with Crippen LogP contribution >= 0.6 is 0 Å². The summed E-state index contributed by atoms with van der Waals surface area (Å²) in [7, 11) is 0. The summed E-state index contributed by atoms with van der Waals surface area (Å²) in [5, 5.41) is 11.2. The second kappa shape index (κ2) is 6.66. The number of esters is 1. The highest BCUT2D eigenvalue weighted by Crippen LogP contribution is 2.24. The standard InChI is InChI=1S/C15H14N2O5/c1-2-22-15(19)12-4-3-11(14(8-12)17(20)21)7-10-5-6-16-13(10)9-18/h3-6,8-9,16H,2,7H2,1H3. The molecule has 1 aromatic carbocycles. The highest BCUT2D eigenvalue weighted by atomic mass is 16.6. The molecule has 0 spiro atoms. The Kier molecular flexibility index (Phi) is 4.67. The molecule has 7 heteroatoms. The minimum atomic E-state index is -0.604. The smallest absolute Gasteiger partial charge is 0.338 e. The summed E-state index contributed by atoms with van der Waals surface area (Å²) in [4.78, 5) is 36.0. The largest absolute Gasteiger partial charge is 0.462 e. The van der Waals surface area contributed by atoms with Gasteiger partial charge in [-0.2, -0.15) is 0 Å². The molecule has 0 bridgehead atoms. The number of rotatable bonds is 6. The van der Waals surface area contributed by atoms with E-state index in [-0.39, 0.29) is 24.3 Å². The average Bonchev–Trinajstić information content (AvgIpc) is 2.94. The number of aldehydes is 1.